The fourth-order valence-corrected chi connectivity index (χ4v) is 1.76. The van der Waals surface area contributed by atoms with Crippen molar-refractivity contribution in [3.63, 3.8) is 0 Å². The molecule has 1 N–H and O–H groups in total. The molecule has 0 bridgehead atoms. The average molecular weight is 302 g/mol. The Morgan fingerprint density at radius 3 is 2.38 bits per heavy atom. The molecule has 0 radical (unpaired) electrons. The molecule has 1 heterocycles. The van der Waals surface area contributed by atoms with Gasteiger partial charge < -0.3 is 5.32 Å². The third kappa shape index (κ3) is 3.68. The molecule has 2 nitrogen and oxygen atoms in total. The summed E-state index contributed by atoms with van der Waals surface area (Å²) in [5.41, 5.74) is -0.859. The molecule has 112 valence electrons. The molecule has 2 rings (SSSR count). The highest BCUT2D eigenvalue weighted by atomic mass is 19.4. The number of benzene rings is 1. The second-order valence-electron chi connectivity index (χ2n) is 4.46. The summed E-state index contributed by atoms with van der Waals surface area (Å²) in [4.78, 5) is 3.79. The summed E-state index contributed by atoms with van der Waals surface area (Å²) >= 11 is 0. The van der Waals surface area contributed by atoms with Crippen LogP contribution >= 0.6 is 0 Å². The van der Waals surface area contributed by atoms with Crippen LogP contribution in [0.5, 0.6) is 0 Å². The van der Waals surface area contributed by atoms with Crippen molar-refractivity contribution < 1.29 is 22.0 Å². The largest absolute Gasteiger partial charge is 0.416 e. The number of pyridine rings is 1. The topological polar surface area (TPSA) is 24.9 Å². The summed E-state index contributed by atoms with van der Waals surface area (Å²) in [6.45, 7) is 1.58. The van der Waals surface area contributed by atoms with Gasteiger partial charge in [0, 0.05) is 0 Å². The maximum Gasteiger partial charge on any atom is 0.416 e. The van der Waals surface area contributed by atoms with Gasteiger partial charge in [-0.3, -0.25) is 4.98 Å². The van der Waals surface area contributed by atoms with Crippen molar-refractivity contribution in [1.82, 2.24) is 4.98 Å². The van der Waals surface area contributed by atoms with Crippen LogP contribution in [0.4, 0.5) is 27.6 Å². The van der Waals surface area contributed by atoms with Crippen LogP contribution in [0, 0.1) is 11.6 Å². The Morgan fingerprint density at radius 2 is 1.81 bits per heavy atom. The lowest BCUT2D eigenvalue weighted by Gasteiger charge is -2.17. The minimum absolute atomic E-state index is 0.288. The van der Waals surface area contributed by atoms with E-state index >= 15 is 0 Å². The number of rotatable bonds is 3. The van der Waals surface area contributed by atoms with Crippen molar-refractivity contribution in [2.24, 2.45) is 0 Å². The van der Waals surface area contributed by atoms with Gasteiger partial charge in [-0.2, -0.15) is 13.2 Å². The predicted octanol–water partition coefficient (Wildman–Crippen LogP) is 4.55. The van der Waals surface area contributed by atoms with Crippen LogP contribution in [0.25, 0.3) is 0 Å². The van der Waals surface area contributed by atoms with E-state index in [0.717, 1.165) is 12.3 Å². The molecule has 0 amide bonds. The van der Waals surface area contributed by atoms with Gasteiger partial charge in [0.2, 0.25) is 0 Å². The first-order valence-corrected chi connectivity index (χ1v) is 6.02. The summed E-state index contributed by atoms with van der Waals surface area (Å²) < 4.78 is 64.1. The first kappa shape index (κ1) is 15.2. The van der Waals surface area contributed by atoms with Crippen LogP contribution < -0.4 is 5.32 Å². The van der Waals surface area contributed by atoms with Gasteiger partial charge >= 0.3 is 6.18 Å². The van der Waals surface area contributed by atoms with Crippen LogP contribution in [0.3, 0.4) is 0 Å². The lowest BCUT2D eigenvalue weighted by Crippen LogP contribution is -2.12. The minimum atomic E-state index is -4.55. The van der Waals surface area contributed by atoms with Crippen molar-refractivity contribution in [1.29, 1.82) is 0 Å². The number of alkyl halides is 3. The van der Waals surface area contributed by atoms with Crippen LogP contribution in [-0.4, -0.2) is 4.98 Å². The molecule has 1 aromatic heterocycles. The number of nitrogens with zero attached hydrogens (tertiary/aromatic N) is 1. The molecule has 7 heteroatoms. The molecular formula is C14H11F5N2. The van der Waals surface area contributed by atoms with E-state index in [4.69, 9.17) is 0 Å². The Kier molecular flexibility index (Phi) is 4.11. The second-order valence-corrected chi connectivity index (χ2v) is 4.46. The van der Waals surface area contributed by atoms with E-state index in [2.05, 4.69) is 10.3 Å². The van der Waals surface area contributed by atoms with Gasteiger partial charge in [0.15, 0.2) is 0 Å². The first-order chi connectivity index (χ1) is 9.77. The van der Waals surface area contributed by atoms with Crippen molar-refractivity contribution >= 4 is 5.69 Å². The van der Waals surface area contributed by atoms with Gasteiger partial charge in [-0.1, -0.05) is 0 Å². The maximum absolute atomic E-state index is 13.6. The molecule has 0 saturated heterocycles. The van der Waals surface area contributed by atoms with E-state index in [1.54, 1.807) is 6.92 Å². The Balaban J connectivity index is 2.24. The SMILES string of the molecule is CC(Nc1cc(C(F)(F)F)ccc1F)c1ccc(F)cn1. The van der Waals surface area contributed by atoms with Gasteiger partial charge in [0.25, 0.3) is 0 Å². The van der Waals surface area contributed by atoms with E-state index in [-0.39, 0.29) is 5.69 Å². The van der Waals surface area contributed by atoms with Crippen molar-refractivity contribution in [2.75, 3.05) is 5.32 Å². The van der Waals surface area contributed by atoms with E-state index in [9.17, 15) is 22.0 Å². The van der Waals surface area contributed by atoms with Crippen LogP contribution in [0.15, 0.2) is 36.5 Å². The van der Waals surface area contributed by atoms with Gasteiger partial charge in [0.1, 0.15) is 11.6 Å². The molecule has 0 fully saturated rings. The monoisotopic (exact) mass is 302 g/mol. The zero-order valence-corrected chi connectivity index (χ0v) is 10.9. The summed E-state index contributed by atoms with van der Waals surface area (Å²) in [6, 6.07) is 4.07. The van der Waals surface area contributed by atoms with Crippen molar-refractivity contribution in [3.05, 3.63) is 59.4 Å². The van der Waals surface area contributed by atoms with E-state index in [0.29, 0.717) is 17.8 Å². The average Bonchev–Trinajstić information content (AvgIpc) is 2.40. The molecule has 0 spiro atoms. The van der Waals surface area contributed by atoms with Crippen LogP contribution in [0.2, 0.25) is 0 Å². The first-order valence-electron chi connectivity index (χ1n) is 6.02. The minimum Gasteiger partial charge on any atom is -0.375 e. The van der Waals surface area contributed by atoms with Crippen molar-refractivity contribution in [3.8, 4) is 0 Å². The molecule has 0 aliphatic heterocycles. The third-order valence-electron chi connectivity index (χ3n) is 2.86. The Hall–Kier alpha value is -2.18. The molecule has 0 aliphatic carbocycles. The highest BCUT2D eigenvalue weighted by molar-refractivity contribution is 5.49. The summed E-state index contributed by atoms with van der Waals surface area (Å²) in [6.07, 6.45) is -3.57. The number of hydrogen-bond donors (Lipinski definition) is 1. The Labute approximate surface area is 117 Å². The molecule has 1 atom stereocenters. The summed E-state index contributed by atoms with van der Waals surface area (Å²) in [5, 5.41) is 2.60. The highest BCUT2D eigenvalue weighted by Gasteiger charge is 2.31. The molecule has 0 saturated carbocycles. The predicted molar refractivity (Wildman–Crippen MR) is 67.6 cm³/mol. The molecule has 1 unspecified atom stereocenters. The number of halogens is 5. The molecule has 1 aromatic carbocycles. The highest BCUT2D eigenvalue weighted by Crippen LogP contribution is 2.32. The Bertz CT molecular complexity index is 622. The van der Waals surface area contributed by atoms with E-state index in [1.807, 2.05) is 0 Å². The lowest BCUT2D eigenvalue weighted by molar-refractivity contribution is -0.137. The van der Waals surface area contributed by atoms with Gasteiger partial charge in [0.05, 0.1) is 29.2 Å². The standard InChI is InChI=1S/C14H11F5N2/c1-8(12-5-3-10(15)7-20-12)21-13-6-9(14(17,18)19)2-4-11(13)16/h2-8,21H,1H3. The van der Waals surface area contributed by atoms with Crippen LogP contribution in [0.1, 0.15) is 24.2 Å². The second kappa shape index (κ2) is 5.67. The molecule has 2 aromatic rings. The van der Waals surface area contributed by atoms with E-state index < -0.39 is 29.4 Å². The normalized spacial score (nSPS) is 13.0. The fourth-order valence-electron chi connectivity index (χ4n) is 1.76. The summed E-state index contributed by atoms with van der Waals surface area (Å²) in [5.74, 6) is -1.34. The number of aromatic nitrogens is 1. The summed E-state index contributed by atoms with van der Waals surface area (Å²) in [7, 11) is 0. The smallest absolute Gasteiger partial charge is 0.375 e. The molecule has 0 aliphatic rings. The van der Waals surface area contributed by atoms with Gasteiger partial charge in [-0.05, 0) is 37.3 Å². The van der Waals surface area contributed by atoms with Crippen molar-refractivity contribution in [2.45, 2.75) is 19.1 Å². The third-order valence-corrected chi connectivity index (χ3v) is 2.86. The zero-order valence-electron chi connectivity index (χ0n) is 10.9. The maximum atomic E-state index is 13.6. The Morgan fingerprint density at radius 1 is 1.10 bits per heavy atom. The van der Waals surface area contributed by atoms with Gasteiger partial charge in [-0.15, -0.1) is 0 Å². The quantitative estimate of drug-likeness (QED) is 0.841. The van der Waals surface area contributed by atoms with Gasteiger partial charge in [-0.25, -0.2) is 8.78 Å². The zero-order chi connectivity index (χ0) is 15.6. The van der Waals surface area contributed by atoms with Crippen LogP contribution in [-0.2, 0) is 6.18 Å². The molecular weight excluding hydrogens is 291 g/mol. The number of anilines is 1. The number of hydrogen-bond acceptors (Lipinski definition) is 2. The lowest BCUT2D eigenvalue weighted by atomic mass is 10.1. The van der Waals surface area contributed by atoms with E-state index in [1.165, 1.54) is 12.1 Å². The fraction of sp³-hybridized carbons (Fsp3) is 0.214. The molecule has 21 heavy (non-hydrogen) atoms. The number of nitrogens with one attached hydrogen (secondary N) is 1.